The first-order valence-corrected chi connectivity index (χ1v) is 7.34. The molecule has 3 atom stereocenters. The minimum absolute atomic E-state index is 0.250. The number of ether oxygens (including phenoxy) is 2. The molecule has 0 bridgehead atoms. The fourth-order valence-electron chi connectivity index (χ4n) is 2.48. The molecule has 18 heavy (non-hydrogen) atoms. The van der Waals surface area contributed by atoms with Gasteiger partial charge in [-0.1, -0.05) is 6.92 Å². The molecule has 0 aromatic heterocycles. The van der Waals surface area contributed by atoms with Crippen LogP contribution in [0.1, 0.15) is 32.6 Å². The van der Waals surface area contributed by atoms with Gasteiger partial charge in [0.1, 0.15) is 0 Å². The average molecular weight is 257 g/mol. The highest BCUT2D eigenvalue weighted by Crippen LogP contribution is 2.35. The molecule has 0 aromatic rings. The lowest BCUT2D eigenvalue weighted by atomic mass is 10.1. The van der Waals surface area contributed by atoms with E-state index in [0.29, 0.717) is 19.8 Å². The molecule has 2 N–H and O–H groups in total. The molecule has 1 saturated carbocycles. The van der Waals surface area contributed by atoms with Crippen molar-refractivity contribution in [2.45, 2.75) is 44.8 Å². The van der Waals surface area contributed by atoms with Crippen LogP contribution in [0, 0.1) is 11.8 Å². The molecule has 4 nitrogen and oxygen atoms in total. The Bertz CT molecular complexity index is 219. The zero-order chi connectivity index (χ0) is 12.8. The summed E-state index contributed by atoms with van der Waals surface area (Å²) in [5.41, 5.74) is 0. The number of hydrogen-bond donors (Lipinski definition) is 2. The number of nitrogens with one attached hydrogen (secondary N) is 1. The third kappa shape index (κ3) is 5.22. The third-order valence-electron chi connectivity index (χ3n) is 3.91. The van der Waals surface area contributed by atoms with Crippen LogP contribution >= 0.6 is 0 Å². The topological polar surface area (TPSA) is 50.7 Å². The Morgan fingerprint density at radius 2 is 2.17 bits per heavy atom. The van der Waals surface area contributed by atoms with Crippen molar-refractivity contribution in [1.29, 1.82) is 0 Å². The maximum Gasteiger partial charge on any atom is 0.0897 e. The van der Waals surface area contributed by atoms with Gasteiger partial charge in [-0.15, -0.1) is 0 Å². The van der Waals surface area contributed by atoms with Crippen LogP contribution in [0.4, 0.5) is 0 Å². The van der Waals surface area contributed by atoms with Crippen LogP contribution in [-0.4, -0.2) is 50.2 Å². The molecular formula is C14H27NO3. The standard InChI is InChI=1S/C14H27NO3/c1-11(12-4-5-12)7-15-8-13(16)9-17-10-14-3-2-6-18-14/h11-16H,2-10H2,1H3. The minimum atomic E-state index is -0.405. The third-order valence-corrected chi connectivity index (χ3v) is 3.91. The van der Waals surface area contributed by atoms with Crippen LogP contribution < -0.4 is 5.32 Å². The molecule has 1 heterocycles. The molecule has 2 aliphatic rings. The van der Waals surface area contributed by atoms with Gasteiger partial charge in [-0.3, -0.25) is 0 Å². The van der Waals surface area contributed by atoms with Crippen molar-refractivity contribution in [3.05, 3.63) is 0 Å². The van der Waals surface area contributed by atoms with Crippen LogP contribution in [0.3, 0.4) is 0 Å². The zero-order valence-corrected chi connectivity index (χ0v) is 11.4. The van der Waals surface area contributed by atoms with Gasteiger partial charge in [0.25, 0.3) is 0 Å². The van der Waals surface area contributed by atoms with Gasteiger partial charge in [-0.05, 0) is 44.1 Å². The van der Waals surface area contributed by atoms with Crippen LogP contribution in [-0.2, 0) is 9.47 Å². The van der Waals surface area contributed by atoms with Gasteiger partial charge in [0.2, 0.25) is 0 Å². The Morgan fingerprint density at radius 1 is 1.33 bits per heavy atom. The summed E-state index contributed by atoms with van der Waals surface area (Å²) < 4.78 is 10.9. The van der Waals surface area contributed by atoms with Crippen LogP contribution in [0.2, 0.25) is 0 Å². The summed E-state index contributed by atoms with van der Waals surface area (Å²) in [5, 5.41) is 13.1. The first-order valence-electron chi connectivity index (χ1n) is 7.34. The average Bonchev–Trinajstić information content (AvgIpc) is 3.08. The first-order chi connectivity index (χ1) is 8.75. The van der Waals surface area contributed by atoms with E-state index in [-0.39, 0.29) is 6.10 Å². The molecule has 1 aliphatic heterocycles. The second-order valence-electron chi connectivity index (χ2n) is 5.80. The second kappa shape index (κ2) is 7.43. The lowest BCUT2D eigenvalue weighted by Gasteiger charge is -2.16. The van der Waals surface area contributed by atoms with Crippen molar-refractivity contribution in [1.82, 2.24) is 5.32 Å². The lowest BCUT2D eigenvalue weighted by Crippen LogP contribution is -2.34. The van der Waals surface area contributed by atoms with Gasteiger partial charge in [0.15, 0.2) is 0 Å². The number of aliphatic hydroxyl groups excluding tert-OH is 1. The van der Waals surface area contributed by atoms with E-state index in [1.165, 1.54) is 12.8 Å². The van der Waals surface area contributed by atoms with E-state index in [2.05, 4.69) is 12.2 Å². The van der Waals surface area contributed by atoms with Crippen LogP contribution in [0.25, 0.3) is 0 Å². The molecule has 4 heteroatoms. The van der Waals surface area contributed by atoms with Gasteiger partial charge in [-0.2, -0.15) is 0 Å². The summed E-state index contributed by atoms with van der Waals surface area (Å²) in [6.07, 6.45) is 4.84. The van der Waals surface area contributed by atoms with Gasteiger partial charge in [0.05, 0.1) is 25.4 Å². The molecule has 2 rings (SSSR count). The number of aliphatic hydroxyl groups is 1. The van der Waals surface area contributed by atoms with Crippen LogP contribution in [0.5, 0.6) is 0 Å². The molecule has 0 spiro atoms. The van der Waals surface area contributed by atoms with Crippen molar-refractivity contribution in [2.24, 2.45) is 11.8 Å². The van der Waals surface area contributed by atoms with E-state index in [9.17, 15) is 5.11 Å². The first kappa shape index (κ1) is 14.3. The molecular weight excluding hydrogens is 230 g/mol. The predicted octanol–water partition coefficient (Wildman–Crippen LogP) is 1.18. The molecule has 0 radical (unpaired) electrons. The fraction of sp³-hybridized carbons (Fsp3) is 1.00. The quantitative estimate of drug-likeness (QED) is 0.651. The smallest absolute Gasteiger partial charge is 0.0897 e. The Morgan fingerprint density at radius 3 is 2.83 bits per heavy atom. The number of hydrogen-bond acceptors (Lipinski definition) is 4. The van der Waals surface area contributed by atoms with Gasteiger partial charge < -0.3 is 19.9 Å². The van der Waals surface area contributed by atoms with E-state index >= 15 is 0 Å². The fourth-order valence-corrected chi connectivity index (χ4v) is 2.48. The highest BCUT2D eigenvalue weighted by molar-refractivity contribution is 4.80. The van der Waals surface area contributed by atoms with Crippen molar-refractivity contribution in [3.63, 3.8) is 0 Å². The van der Waals surface area contributed by atoms with Crippen molar-refractivity contribution >= 4 is 0 Å². The number of rotatable bonds is 9. The predicted molar refractivity (Wildman–Crippen MR) is 70.6 cm³/mol. The Balaban J connectivity index is 1.42. The summed E-state index contributed by atoms with van der Waals surface area (Å²) in [6, 6.07) is 0. The lowest BCUT2D eigenvalue weighted by molar-refractivity contribution is -0.0165. The maximum atomic E-state index is 9.76. The van der Waals surface area contributed by atoms with Crippen molar-refractivity contribution in [3.8, 4) is 0 Å². The van der Waals surface area contributed by atoms with Gasteiger partial charge in [0, 0.05) is 13.2 Å². The van der Waals surface area contributed by atoms with E-state index in [0.717, 1.165) is 37.8 Å². The Hall–Kier alpha value is -0.160. The SMILES string of the molecule is CC(CNCC(O)COCC1CCCO1)C1CC1. The van der Waals surface area contributed by atoms with E-state index in [1.807, 2.05) is 0 Å². The summed E-state index contributed by atoms with van der Waals surface area (Å²) in [7, 11) is 0. The highest BCUT2D eigenvalue weighted by Gasteiger charge is 2.27. The summed E-state index contributed by atoms with van der Waals surface area (Å²) in [4.78, 5) is 0. The summed E-state index contributed by atoms with van der Waals surface area (Å²) in [6.45, 7) is 5.80. The van der Waals surface area contributed by atoms with Crippen molar-refractivity contribution in [2.75, 3.05) is 32.9 Å². The summed E-state index contributed by atoms with van der Waals surface area (Å²) >= 11 is 0. The molecule has 3 unspecified atom stereocenters. The minimum Gasteiger partial charge on any atom is -0.389 e. The van der Waals surface area contributed by atoms with Gasteiger partial charge >= 0.3 is 0 Å². The van der Waals surface area contributed by atoms with E-state index < -0.39 is 6.10 Å². The second-order valence-corrected chi connectivity index (χ2v) is 5.80. The monoisotopic (exact) mass is 257 g/mol. The molecule has 1 saturated heterocycles. The molecule has 0 aromatic carbocycles. The largest absolute Gasteiger partial charge is 0.389 e. The van der Waals surface area contributed by atoms with E-state index in [4.69, 9.17) is 9.47 Å². The zero-order valence-electron chi connectivity index (χ0n) is 11.4. The summed E-state index contributed by atoms with van der Waals surface area (Å²) in [5.74, 6) is 1.66. The Labute approximate surface area is 110 Å². The molecule has 106 valence electrons. The molecule has 0 amide bonds. The molecule has 1 aliphatic carbocycles. The molecule has 2 fully saturated rings. The van der Waals surface area contributed by atoms with E-state index in [1.54, 1.807) is 0 Å². The highest BCUT2D eigenvalue weighted by atomic mass is 16.5. The Kier molecular flexibility index (Phi) is 5.89. The van der Waals surface area contributed by atoms with Gasteiger partial charge in [-0.25, -0.2) is 0 Å². The van der Waals surface area contributed by atoms with Crippen molar-refractivity contribution < 1.29 is 14.6 Å². The van der Waals surface area contributed by atoms with Crippen LogP contribution in [0.15, 0.2) is 0 Å². The normalized spacial score (nSPS) is 27.3. The maximum absolute atomic E-state index is 9.76.